The van der Waals surface area contributed by atoms with Crippen molar-refractivity contribution < 1.29 is 22.7 Å². The molecule has 1 amide bonds. The highest BCUT2D eigenvalue weighted by molar-refractivity contribution is 7.89. The van der Waals surface area contributed by atoms with E-state index in [0.717, 1.165) is 10.4 Å². The summed E-state index contributed by atoms with van der Waals surface area (Å²) >= 11 is 1.49. The maximum atomic E-state index is 11.7. The number of ether oxygens (including phenoxy) is 1. The zero-order valence-electron chi connectivity index (χ0n) is 13.3. The third kappa shape index (κ3) is 5.82. The number of hydrogen-bond donors (Lipinski definition) is 2. The standard InChI is InChI=1S/C16H16N2O5S2/c1-11-8-9-24-14(11)6-7-16(20)23-10-15(19)18-12-2-4-13(5-3-12)25(17,21)22/h2-9H,10H2,1H3,(H,18,19)(H2,17,21,22)/b7-6+. The van der Waals surface area contributed by atoms with Gasteiger partial charge in [-0.05, 0) is 54.3 Å². The zero-order valence-corrected chi connectivity index (χ0v) is 14.9. The van der Waals surface area contributed by atoms with Crippen molar-refractivity contribution >= 4 is 45.0 Å². The van der Waals surface area contributed by atoms with Gasteiger partial charge in [0, 0.05) is 16.6 Å². The zero-order chi connectivity index (χ0) is 18.4. The minimum absolute atomic E-state index is 0.0639. The average Bonchev–Trinajstić information content (AvgIpc) is 2.96. The topological polar surface area (TPSA) is 116 Å². The number of sulfonamides is 1. The number of esters is 1. The number of primary sulfonamides is 1. The number of anilines is 1. The predicted molar refractivity (Wildman–Crippen MR) is 95.5 cm³/mol. The van der Waals surface area contributed by atoms with Crippen molar-refractivity contribution in [2.45, 2.75) is 11.8 Å². The van der Waals surface area contributed by atoms with Gasteiger partial charge in [-0.15, -0.1) is 11.3 Å². The molecule has 3 N–H and O–H groups in total. The number of thiophene rings is 1. The molecule has 1 aromatic carbocycles. The van der Waals surface area contributed by atoms with Crippen molar-refractivity contribution in [1.29, 1.82) is 0 Å². The first kappa shape index (κ1) is 18.8. The van der Waals surface area contributed by atoms with Crippen LogP contribution < -0.4 is 10.5 Å². The van der Waals surface area contributed by atoms with Gasteiger partial charge in [-0.25, -0.2) is 18.4 Å². The Hall–Kier alpha value is -2.49. The van der Waals surface area contributed by atoms with Gasteiger partial charge in [0.2, 0.25) is 10.0 Å². The fourth-order valence-electron chi connectivity index (χ4n) is 1.81. The Kier molecular flexibility index (Phi) is 6.07. The normalized spacial score (nSPS) is 11.4. The van der Waals surface area contributed by atoms with Crippen LogP contribution in [-0.4, -0.2) is 26.9 Å². The van der Waals surface area contributed by atoms with E-state index >= 15 is 0 Å². The number of amides is 1. The highest BCUT2D eigenvalue weighted by Crippen LogP contribution is 2.17. The van der Waals surface area contributed by atoms with Crippen LogP contribution in [0.5, 0.6) is 0 Å². The summed E-state index contributed by atoms with van der Waals surface area (Å²) in [6, 6.07) is 7.24. The molecule has 0 atom stereocenters. The molecule has 0 radical (unpaired) electrons. The molecule has 0 saturated carbocycles. The summed E-state index contributed by atoms with van der Waals surface area (Å²) in [5.41, 5.74) is 1.41. The second-order valence-corrected chi connectivity index (χ2v) is 7.54. The van der Waals surface area contributed by atoms with E-state index < -0.39 is 28.5 Å². The van der Waals surface area contributed by atoms with E-state index in [0.29, 0.717) is 5.69 Å². The van der Waals surface area contributed by atoms with E-state index in [-0.39, 0.29) is 4.90 Å². The van der Waals surface area contributed by atoms with Gasteiger partial charge in [-0.1, -0.05) is 0 Å². The first-order chi connectivity index (χ1) is 11.8. The number of carbonyl (C=O) groups is 2. The van der Waals surface area contributed by atoms with E-state index in [1.54, 1.807) is 6.08 Å². The van der Waals surface area contributed by atoms with E-state index in [1.807, 2.05) is 18.4 Å². The molecule has 0 spiro atoms. The van der Waals surface area contributed by atoms with Crippen LogP contribution in [0.1, 0.15) is 10.4 Å². The quantitative estimate of drug-likeness (QED) is 0.586. The molecular formula is C16H16N2O5S2. The number of nitrogens with two attached hydrogens (primary N) is 1. The first-order valence-corrected chi connectivity index (χ1v) is 9.50. The van der Waals surface area contributed by atoms with E-state index in [2.05, 4.69) is 5.32 Å². The summed E-state index contributed by atoms with van der Waals surface area (Å²) in [5.74, 6) is -1.18. The number of rotatable bonds is 6. The van der Waals surface area contributed by atoms with Crippen molar-refractivity contribution in [3.8, 4) is 0 Å². The van der Waals surface area contributed by atoms with Gasteiger partial charge >= 0.3 is 5.97 Å². The molecule has 0 saturated heterocycles. The fraction of sp³-hybridized carbons (Fsp3) is 0.125. The lowest BCUT2D eigenvalue weighted by molar-refractivity contribution is -0.142. The summed E-state index contributed by atoms with van der Waals surface area (Å²) in [5, 5.41) is 9.38. The van der Waals surface area contributed by atoms with Gasteiger partial charge in [0.15, 0.2) is 6.61 Å². The Morgan fingerprint density at radius 2 is 1.92 bits per heavy atom. The third-order valence-electron chi connectivity index (χ3n) is 3.08. The predicted octanol–water partition coefficient (Wildman–Crippen LogP) is 1.90. The number of hydrogen-bond acceptors (Lipinski definition) is 6. The van der Waals surface area contributed by atoms with Crippen LogP contribution in [-0.2, 0) is 24.3 Å². The second kappa shape index (κ2) is 8.06. The smallest absolute Gasteiger partial charge is 0.331 e. The van der Waals surface area contributed by atoms with Crippen molar-refractivity contribution in [3.05, 3.63) is 52.2 Å². The molecule has 0 aliphatic rings. The van der Waals surface area contributed by atoms with Crippen LogP contribution in [0.3, 0.4) is 0 Å². The average molecular weight is 380 g/mol. The van der Waals surface area contributed by atoms with E-state index in [4.69, 9.17) is 9.88 Å². The molecule has 132 valence electrons. The largest absolute Gasteiger partial charge is 0.452 e. The third-order valence-corrected chi connectivity index (χ3v) is 5.00. The first-order valence-electron chi connectivity index (χ1n) is 7.07. The molecule has 7 nitrogen and oxygen atoms in total. The summed E-state index contributed by atoms with van der Waals surface area (Å²) in [6.07, 6.45) is 2.89. The maximum absolute atomic E-state index is 11.7. The molecule has 9 heteroatoms. The van der Waals surface area contributed by atoms with Crippen LogP contribution in [0, 0.1) is 6.92 Å². The molecule has 25 heavy (non-hydrogen) atoms. The SMILES string of the molecule is Cc1ccsc1/C=C/C(=O)OCC(=O)Nc1ccc(S(N)(=O)=O)cc1. The lowest BCUT2D eigenvalue weighted by Gasteiger charge is -2.06. The molecule has 2 rings (SSSR count). The fourth-order valence-corrected chi connectivity index (χ4v) is 3.14. The molecule has 2 aromatic rings. The summed E-state index contributed by atoms with van der Waals surface area (Å²) < 4.78 is 27.1. The maximum Gasteiger partial charge on any atom is 0.331 e. The summed E-state index contributed by atoms with van der Waals surface area (Å²) in [6.45, 7) is 1.47. The van der Waals surface area contributed by atoms with Crippen molar-refractivity contribution in [2.75, 3.05) is 11.9 Å². The minimum atomic E-state index is -3.79. The van der Waals surface area contributed by atoms with E-state index in [1.165, 1.54) is 41.7 Å². The Balaban J connectivity index is 1.83. The molecule has 0 unspecified atom stereocenters. The number of carbonyl (C=O) groups excluding carboxylic acids is 2. The molecular weight excluding hydrogens is 364 g/mol. The van der Waals surface area contributed by atoms with Gasteiger partial charge in [0.1, 0.15) is 0 Å². The Morgan fingerprint density at radius 3 is 2.48 bits per heavy atom. The lowest BCUT2D eigenvalue weighted by Crippen LogP contribution is -2.20. The van der Waals surface area contributed by atoms with Crippen LogP contribution in [0.4, 0.5) is 5.69 Å². The van der Waals surface area contributed by atoms with Crippen LogP contribution in [0.25, 0.3) is 6.08 Å². The number of aryl methyl sites for hydroxylation is 1. The summed E-state index contributed by atoms with van der Waals surface area (Å²) in [4.78, 5) is 24.2. The number of nitrogens with one attached hydrogen (secondary N) is 1. The van der Waals surface area contributed by atoms with Gasteiger partial charge in [0.25, 0.3) is 5.91 Å². The lowest BCUT2D eigenvalue weighted by atomic mass is 10.3. The van der Waals surface area contributed by atoms with Crippen molar-refractivity contribution in [2.24, 2.45) is 5.14 Å². The van der Waals surface area contributed by atoms with E-state index in [9.17, 15) is 18.0 Å². The molecule has 1 aromatic heterocycles. The molecule has 0 bridgehead atoms. The van der Waals surface area contributed by atoms with Crippen LogP contribution in [0.2, 0.25) is 0 Å². The van der Waals surface area contributed by atoms with Crippen molar-refractivity contribution in [1.82, 2.24) is 0 Å². The van der Waals surface area contributed by atoms with Gasteiger partial charge in [-0.2, -0.15) is 0 Å². The Bertz CT molecular complexity index is 899. The summed E-state index contributed by atoms with van der Waals surface area (Å²) in [7, 11) is -3.79. The number of benzene rings is 1. The van der Waals surface area contributed by atoms with Gasteiger partial charge < -0.3 is 10.1 Å². The molecule has 1 heterocycles. The second-order valence-electron chi connectivity index (χ2n) is 5.03. The minimum Gasteiger partial charge on any atom is -0.452 e. The van der Waals surface area contributed by atoms with Crippen molar-refractivity contribution in [3.63, 3.8) is 0 Å². The monoisotopic (exact) mass is 380 g/mol. The van der Waals surface area contributed by atoms with Gasteiger partial charge in [-0.3, -0.25) is 4.79 Å². The van der Waals surface area contributed by atoms with Gasteiger partial charge in [0.05, 0.1) is 4.90 Å². The Labute approximate surface area is 149 Å². The highest BCUT2D eigenvalue weighted by Gasteiger charge is 2.09. The molecule has 0 aliphatic heterocycles. The highest BCUT2D eigenvalue weighted by atomic mass is 32.2. The van der Waals surface area contributed by atoms with Crippen LogP contribution >= 0.6 is 11.3 Å². The Morgan fingerprint density at radius 1 is 1.24 bits per heavy atom. The molecule has 0 aliphatic carbocycles. The van der Waals surface area contributed by atoms with Crippen LogP contribution in [0.15, 0.2) is 46.7 Å². The molecule has 0 fully saturated rings.